The van der Waals surface area contributed by atoms with E-state index in [9.17, 15) is 5.11 Å². The van der Waals surface area contributed by atoms with Gasteiger partial charge in [-0.2, -0.15) is 0 Å². The summed E-state index contributed by atoms with van der Waals surface area (Å²) >= 11 is 0. The topological polar surface area (TPSA) is 58.9 Å². The van der Waals surface area contributed by atoms with Crippen LogP contribution in [0.5, 0.6) is 5.75 Å². The number of benzene rings is 1. The number of hydrogen-bond donors (Lipinski definition) is 1. The van der Waals surface area contributed by atoms with E-state index < -0.39 is 0 Å². The molecule has 1 aromatic heterocycles. The third-order valence-electron chi connectivity index (χ3n) is 1.68. The first-order valence-corrected chi connectivity index (χ1v) is 3.80. The summed E-state index contributed by atoms with van der Waals surface area (Å²) < 4.78 is 0. The number of nitrogens with zero attached hydrogens (tertiary/aromatic N) is 3. The van der Waals surface area contributed by atoms with Crippen LogP contribution in [0, 0.1) is 0 Å². The number of aromatic hydroxyl groups is 1. The number of para-hydroxylation sites is 1. The van der Waals surface area contributed by atoms with Crippen LogP contribution >= 0.6 is 0 Å². The van der Waals surface area contributed by atoms with E-state index >= 15 is 0 Å². The van der Waals surface area contributed by atoms with Gasteiger partial charge in [-0.25, -0.2) is 0 Å². The summed E-state index contributed by atoms with van der Waals surface area (Å²) in [6, 6.07) is 8.67. The fraction of sp³-hybridized carbons (Fsp3) is 0. The molecule has 0 saturated carbocycles. The van der Waals surface area contributed by atoms with Crippen molar-refractivity contribution in [1.29, 1.82) is 0 Å². The molecule has 1 heterocycles. The van der Waals surface area contributed by atoms with Gasteiger partial charge in [0, 0.05) is 5.56 Å². The van der Waals surface area contributed by atoms with Crippen molar-refractivity contribution in [3.8, 4) is 17.0 Å². The number of phenols is 1. The van der Waals surface area contributed by atoms with Crippen molar-refractivity contribution in [3.63, 3.8) is 0 Å². The van der Waals surface area contributed by atoms with E-state index in [-0.39, 0.29) is 35.3 Å². The first kappa shape index (κ1) is 11.1. The molecule has 0 amide bonds. The average molecular weight is 197 g/mol. The van der Waals surface area contributed by atoms with E-state index in [1.165, 1.54) is 6.20 Å². The number of hydrogen-bond acceptors (Lipinski definition) is 4. The van der Waals surface area contributed by atoms with Crippen molar-refractivity contribution in [1.82, 2.24) is 15.4 Å². The molecule has 5 heteroatoms. The van der Waals surface area contributed by atoms with E-state index in [1.54, 1.807) is 24.3 Å². The molecule has 0 unspecified atom stereocenters. The van der Waals surface area contributed by atoms with Crippen LogP contribution in [-0.4, -0.2) is 50.1 Å². The van der Waals surface area contributed by atoms with Crippen LogP contribution in [0.15, 0.2) is 36.5 Å². The van der Waals surface area contributed by atoms with Gasteiger partial charge in [0.05, 0.1) is 11.9 Å². The van der Waals surface area contributed by atoms with Crippen LogP contribution < -0.4 is 0 Å². The first-order valence-electron chi connectivity index (χ1n) is 3.80. The summed E-state index contributed by atoms with van der Waals surface area (Å²) in [6.45, 7) is 0. The molecule has 14 heavy (non-hydrogen) atoms. The minimum absolute atomic E-state index is 0. The molecule has 66 valence electrons. The van der Waals surface area contributed by atoms with Crippen molar-refractivity contribution in [2.45, 2.75) is 0 Å². The van der Waals surface area contributed by atoms with Crippen LogP contribution in [0.4, 0.5) is 0 Å². The predicted molar refractivity (Wildman–Crippen MR) is 54.1 cm³/mol. The monoisotopic (exact) mass is 197 g/mol. The molecule has 0 fully saturated rings. The SMILES string of the molecule is Oc1ccccc1-c1ccnnn1.[NaH]. The molecule has 1 N–H and O–H groups in total. The zero-order valence-corrected chi connectivity index (χ0v) is 6.75. The molecule has 0 saturated heterocycles. The quantitative estimate of drug-likeness (QED) is 0.680. The summed E-state index contributed by atoms with van der Waals surface area (Å²) in [5, 5.41) is 20.3. The summed E-state index contributed by atoms with van der Waals surface area (Å²) in [7, 11) is 0. The van der Waals surface area contributed by atoms with E-state index in [2.05, 4.69) is 15.4 Å². The fourth-order valence-corrected chi connectivity index (χ4v) is 1.07. The van der Waals surface area contributed by atoms with Crippen LogP contribution in [-0.2, 0) is 0 Å². The van der Waals surface area contributed by atoms with Gasteiger partial charge in [-0.1, -0.05) is 12.1 Å². The second-order valence-corrected chi connectivity index (χ2v) is 2.52. The molecule has 0 aliphatic rings. The third kappa shape index (κ3) is 2.29. The van der Waals surface area contributed by atoms with Crippen molar-refractivity contribution < 1.29 is 5.11 Å². The number of phenolic OH excluding ortho intramolecular Hbond substituents is 1. The van der Waals surface area contributed by atoms with Gasteiger partial charge in [0.1, 0.15) is 5.75 Å². The maximum atomic E-state index is 9.48. The second kappa shape index (κ2) is 5.05. The predicted octanol–water partition coefficient (Wildman–Crippen LogP) is 0.596. The Hall–Kier alpha value is -0.970. The van der Waals surface area contributed by atoms with Gasteiger partial charge in [0.15, 0.2) is 0 Å². The Labute approximate surface area is 103 Å². The van der Waals surface area contributed by atoms with Gasteiger partial charge in [-0.05, 0) is 23.4 Å². The van der Waals surface area contributed by atoms with Crippen LogP contribution in [0.2, 0.25) is 0 Å². The molecule has 2 aromatic rings. The van der Waals surface area contributed by atoms with E-state index in [4.69, 9.17) is 0 Å². The standard InChI is InChI=1S/C9H7N3O.Na.H/c13-9-4-2-1-3-7(9)8-5-6-10-12-11-8;;/h1-6,13H;;. The van der Waals surface area contributed by atoms with Crippen molar-refractivity contribution in [3.05, 3.63) is 36.5 Å². The molecular formula is C9H8N3NaO. The summed E-state index contributed by atoms with van der Waals surface area (Å²) in [5.74, 6) is 0.197. The molecule has 0 radical (unpaired) electrons. The molecule has 0 bridgehead atoms. The molecular weight excluding hydrogens is 189 g/mol. The second-order valence-electron chi connectivity index (χ2n) is 2.52. The van der Waals surface area contributed by atoms with Gasteiger partial charge >= 0.3 is 29.6 Å². The van der Waals surface area contributed by atoms with E-state index in [0.717, 1.165) is 0 Å². The molecule has 4 nitrogen and oxygen atoms in total. The Morgan fingerprint density at radius 3 is 2.50 bits per heavy atom. The first-order chi connectivity index (χ1) is 6.38. The van der Waals surface area contributed by atoms with Crippen LogP contribution in [0.3, 0.4) is 0 Å². The van der Waals surface area contributed by atoms with Crippen LogP contribution in [0.25, 0.3) is 11.3 Å². The molecule has 0 aliphatic heterocycles. The number of aromatic nitrogens is 3. The number of rotatable bonds is 1. The van der Waals surface area contributed by atoms with E-state index in [1.807, 2.05) is 6.07 Å². The normalized spacial score (nSPS) is 9.14. The van der Waals surface area contributed by atoms with Crippen molar-refractivity contribution >= 4 is 29.6 Å². The molecule has 0 aliphatic carbocycles. The fourth-order valence-electron chi connectivity index (χ4n) is 1.07. The Morgan fingerprint density at radius 1 is 1.07 bits per heavy atom. The van der Waals surface area contributed by atoms with Gasteiger partial charge in [-0.15, -0.1) is 10.2 Å². The van der Waals surface area contributed by atoms with Gasteiger partial charge in [0.2, 0.25) is 0 Å². The molecule has 0 atom stereocenters. The minimum atomic E-state index is 0. The average Bonchev–Trinajstić information content (AvgIpc) is 2.20. The maximum absolute atomic E-state index is 9.48. The Balaban J connectivity index is 0.000000980. The Kier molecular flexibility index (Phi) is 4.00. The van der Waals surface area contributed by atoms with E-state index in [0.29, 0.717) is 11.3 Å². The molecule has 2 rings (SSSR count). The van der Waals surface area contributed by atoms with Gasteiger partial charge in [-0.3, -0.25) is 0 Å². The Morgan fingerprint density at radius 2 is 1.86 bits per heavy atom. The van der Waals surface area contributed by atoms with Crippen molar-refractivity contribution in [2.75, 3.05) is 0 Å². The zero-order chi connectivity index (χ0) is 9.10. The summed E-state index contributed by atoms with van der Waals surface area (Å²) in [4.78, 5) is 0. The summed E-state index contributed by atoms with van der Waals surface area (Å²) in [6.07, 6.45) is 1.54. The van der Waals surface area contributed by atoms with Crippen LogP contribution in [0.1, 0.15) is 0 Å². The summed E-state index contributed by atoms with van der Waals surface area (Å²) in [5.41, 5.74) is 1.28. The van der Waals surface area contributed by atoms with Gasteiger partial charge < -0.3 is 5.11 Å². The Bertz CT molecular complexity index is 408. The molecule has 1 aromatic carbocycles. The van der Waals surface area contributed by atoms with Crippen molar-refractivity contribution in [2.24, 2.45) is 0 Å². The third-order valence-corrected chi connectivity index (χ3v) is 1.68. The zero-order valence-electron chi connectivity index (χ0n) is 6.75. The molecule has 0 spiro atoms. The van der Waals surface area contributed by atoms with Gasteiger partial charge in [0.25, 0.3) is 0 Å².